The molecular weight excluding hydrogens is 212 g/mol. The van der Waals surface area contributed by atoms with E-state index in [4.69, 9.17) is 0 Å². The van der Waals surface area contributed by atoms with Crippen molar-refractivity contribution in [2.75, 3.05) is 0 Å². The molecule has 90 valence electrons. The molecule has 0 saturated carbocycles. The normalized spacial score (nSPS) is 36.9. The van der Waals surface area contributed by atoms with Crippen molar-refractivity contribution in [3.8, 4) is 0 Å². The van der Waals surface area contributed by atoms with Crippen LogP contribution in [-0.2, 0) is 9.59 Å². The molecule has 0 saturated heterocycles. The second-order valence-corrected chi connectivity index (χ2v) is 5.55. The minimum absolute atomic E-state index is 0.0562. The van der Waals surface area contributed by atoms with Gasteiger partial charge in [0.2, 0.25) is 0 Å². The summed E-state index contributed by atoms with van der Waals surface area (Å²) in [6.07, 6.45) is 8.74. The van der Waals surface area contributed by atoms with Crippen molar-refractivity contribution in [1.29, 1.82) is 0 Å². The minimum Gasteiger partial charge on any atom is -0.294 e. The summed E-state index contributed by atoms with van der Waals surface area (Å²) in [4.78, 5) is 24.9. The molecule has 0 heterocycles. The molecule has 0 fully saturated rings. The van der Waals surface area contributed by atoms with E-state index in [0.717, 1.165) is 43.3 Å². The van der Waals surface area contributed by atoms with Gasteiger partial charge in [0, 0.05) is 23.0 Å². The lowest BCUT2D eigenvalue weighted by molar-refractivity contribution is -0.132. The molecule has 0 aromatic carbocycles. The highest BCUT2D eigenvalue weighted by molar-refractivity contribution is 6.14. The summed E-state index contributed by atoms with van der Waals surface area (Å²) in [6.45, 7) is 2.06. The van der Waals surface area contributed by atoms with Crippen LogP contribution in [-0.4, -0.2) is 11.6 Å². The van der Waals surface area contributed by atoms with E-state index in [9.17, 15) is 9.59 Å². The van der Waals surface area contributed by atoms with Crippen molar-refractivity contribution in [2.24, 2.45) is 17.8 Å². The van der Waals surface area contributed by atoms with E-state index >= 15 is 0 Å². The third-order valence-electron chi connectivity index (χ3n) is 4.53. The number of fused-ring (bicyclic) bond motifs is 1. The second kappa shape index (κ2) is 3.94. The summed E-state index contributed by atoms with van der Waals surface area (Å²) in [7, 11) is 0. The Labute approximate surface area is 102 Å². The highest BCUT2D eigenvalue weighted by atomic mass is 16.1. The van der Waals surface area contributed by atoms with Gasteiger partial charge in [0.1, 0.15) is 0 Å². The lowest BCUT2D eigenvalue weighted by Gasteiger charge is -2.38. The van der Waals surface area contributed by atoms with Crippen LogP contribution in [0.25, 0.3) is 0 Å². The number of hydrogen-bond donors (Lipinski definition) is 0. The maximum Gasteiger partial charge on any atom is 0.163 e. The van der Waals surface area contributed by atoms with Crippen LogP contribution in [0.3, 0.4) is 0 Å². The van der Waals surface area contributed by atoms with Crippen LogP contribution >= 0.6 is 0 Å². The third-order valence-corrected chi connectivity index (χ3v) is 4.53. The highest BCUT2D eigenvalue weighted by Crippen LogP contribution is 2.43. The van der Waals surface area contributed by atoms with Gasteiger partial charge in [-0.25, -0.2) is 0 Å². The largest absolute Gasteiger partial charge is 0.294 e. The molecule has 2 nitrogen and oxygen atoms in total. The monoisotopic (exact) mass is 230 g/mol. The number of carbonyl (C=O) groups is 2. The Balaban J connectivity index is 2.06. The van der Waals surface area contributed by atoms with Crippen LogP contribution in [0, 0.1) is 17.8 Å². The SMILES string of the molecule is C[C@@H]1C=CC[C@H]2C(=O)C3=C(CCCC3)C(=O)[C@@H]12. The lowest BCUT2D eigenvalue weighted by atomic mass is 9.63. The van der Waals surface area contributed by atoms with E-state index in [0.29, 0.717) is 0 Å². The van der Waals surface area contributed by atoms with Gasteiger partial charge in [-0.05, 0) is 38.0 Å². The third kappa shape index (κ3) is 1.54. The van der Waals surface area contributed by atoms with Gasteiger partial charge in [0.05, 0.1) is 0 Å². The molecule has 3 aliphatic carbocycles. The van der Waals surface area contributed by atoms with Crippen LogP contribution in [0.1, 0.15) is 39.0 Å². The molecule has 3 aliphatic rings. The predicted molar refractivity (Wildman–Crippen MR) is 65.4 cm³/mol. The summed E-state index contributed by atoms with van der Waals surface area (Å²) in [5, 5.41) is 0. The summed E-state index contributed by atoms with van der Waals surface area (Å²) < 4.78 is 0. The maximum absolute atomic E-state index is 12.5. The Morgan fingerprint density at radius 3 is 2.41 bits per heavy atom. The Hall–Kier alpha value is -1.18. The van der Waals surface area contributed by atoms with E-state index in [1.54, 1.807) is 0 Å². The highest BCUT2D eigenvalue weighted by Gasteiger charge is 2.45. The number of rotatable bonds is 0. The molecule has 3 rings (SSSR count). The van der Waals surface area contributed by atoms with Gasteiger partial charge in [-0.3, -0.25) is 9.59 Å². The fourth-order valence-corrected chi connectivity index (χ4v) is 3.64. The number of ketones is 2. The second-order valence-electron chi connectivity index (χ2n) is 5.55. The minimum atomic E-state index is -0.0654. The summed E-state index contributed by atoms with van der Waals surface area (Å²) >= 11 is 0. The molecule has 0 aliphatic heterocycles. The number of carbonyl (C=O) groups excluding carboxylic acids is 2. The number of hydrogen-bond acceptors (Lipinski definition) is 2. The Bertz CT molecular complexity index is 442. The van der Waals surface area contributed by atoms with Crippen LogP contribution in [0.4, 0.5) is 0 Å². The van der Waals surface area contributed by atoms with E-state index in [1.807, 2.05) is 0 Å². The molecular formula is C15H18O2. The number of Topliss-reactive ketones (excluding diaryl/α,β-unsaturated/α-hetero) is 2. The first-order valence-electron chi connectivity index (χ1n) is 6.67. The molecule has 0 aromatic rings. The zero-order chi connectivity index (χ0) is 12.0. The summed E-state index contributed by atoms with van der Waals surface area (Å²) in [5.74, 6) is 0.659. The average Bonchev–Trinajstić information content (AvgIpc) is 2.36. The number of allylic oxidation sites excluding steroid dienone is 4. The van der Waals surface area contributed by atoms with Gasteiger partial charge < -0.3 is 0 Å². The first-order valence-corrected chi connectivity index (χ1v) is 6.67. The first kappa shape index (κ1) is 10.9. The predicted octanol–water partition coefficient (Wildman–Crippen LogP) is 2.84. The van der Waals surface area contributed by atoms with Crippen molar-refractivity contribution in [3.63, 3.8) is 0 Å². The smallest absolute Gasteiger partial charge is 0.163 e. The van der Waals surface area contributed by atoms with E-state index < -0.39 is 0 Å². The summed E-state index contributed by atoms with van der Waals surface area (Å²) in [5.41, 5.74) is 1.76. The van der Waals surface area contributed by atoms with Crippen LogP contribution in [0.2, 0.25) is 0 Å². The van der Waals surface area contributed by atoms with Gasteiger partial charge in [-0.15, -0.1) is 0 Å². The van der Waals surface area contributed by atoms with E-state index in [2.05, 4.69) is 19.1 Å². The van der Waals surface area contributed by atoms with E-state index in [-0.39, 0.29) is 29.3 Å². The van der Waals surface area contributed by atoms with Crippen molar-refractivity contribution in [1.82, 2.24) is 0 Å². The zero-order valence-electron chi connectivity index (χ0n) is 10.2. The quantitative estimate of drug-likeness (QED) is 0.600. The molecule has 3 atom stereocenters. The molecule has 2 heteroatoms. The Morgan fingerprint density at radius 2 is 1.71 bits per heavy atom. The molecule has 0 spiro atoms. The fourth-order valence-electron chi connectivity index (χ4n) is 3.64. The molecule has 0 unspecified atom stereocenters. The van der Waals surface area contributed by atoms with Crippen LogP contribution in [0.5, 0.6) is 0 Å². The van der Waals surface area contributed by atoms with Crippen LogP contribution < -0.4 is 0 Å². The molecule has 0 bridgehead atoms. The fraction of sp³-hybridized carbons (Fsp3) is 0.600. The van der Waals surface area contributed by atoms with Crippen molar-refractivity contribution in [2.45, 2.75) is 39.0 Å². The topological polar surface area (TPSA) is 34.1 Å². The van der Waals surface area contributed by atoms with Gasteiger partial charge >= 0.3 is 0 Å². The molecule has 0 amide bonds. The van der Waals surface area contributed by atoms with Gasteiger partial charge in [0.25, 0.3) is 0 Å². The molecule has 0 N–H and O–H groups in total. The maximum atomic E-state index is 12.5. The zero-order valence-corrected chi connectivity index (χ0v) is 10.2. The Kier molecular flexibility index (Phi) is 2.53. The van der Waals surface area contributed by atoms with Gasteiger partial charge in [-0.2, -0.15) is 0 Å². The van der Waals surface area contributed by atoms with Crippen molar-refractivity contribution >= 4 is 11.6 Å². The van der Waals surface area contributed by atoms with Gasteiger partial charge in [-0.1, -0.05) is 19.1 Å². The van der Waals surface area contributed by atoms with Crippen LogP contribution in [0.15, 0.2) is 23.3 Å². The van der Waals surface area contributed by atoms with Gasteiger partial charge in [0.15, 0.2) is 11.6 Å². The molecule has 17 heavy (non-hydrogen) atoms. The van der Waals surface area contributed by atoms with Crippen molar-refractivity contribution < 1.29 is 9.59 Å². The van der Waals surface area contributed by atoms with E-state index in [1.165, 1.54) is 0 Å². The standard InChI is InChI=1S/C15H18O2/c1-9-5-4-8-12-13(9)15(17)11-7-3-2-6-10(11)14(12)16/h4-5,9,12-13H,2-3,6-8H2,1H3/t9-,12-,13+/m1/s1. The molecule has 0 aromatic heterocycles. The Morgan fingerprint density at radius 1 is 1.06 bits per heavy atom. The summed E-state index contributed by atoms with van der Waals surface area (Å²) in [6, 6.07) is 0. The molecule has 0 radical (unpaired) electrons. The van der Waals surface area contributed by atoms with Crippen molar-refractivity contribution in [3.05, 3.63) is 23.3 Å². The first-order chi connectivity index (χ1) is 8.20. The lowest BCUT2D eigenvalue weighted by Crippen LogP contribution is -2.42. The average molecular weight is 230 g/mol.